The molecule has 0 spiro atoms. The molecule has 88 valence electrons. The van der Waals surface area contributed by atoms with Crippen molar-refractivity contribution < 1.29 is 4.79 Å². The van der Waals surface area contributed by atoms with Crippen LogP contribution in [-0.4, -0.2) is 5.78 Å². The van der Waals surface area contributed by atoms with Crippen LogP contribution in [0.2, 0.25) is 0 Å². The number of carbonyl (C=O) groups excluding carboxylic acids is 1. The van der Waals surface area contributed by atoms with E-state index in [4.69, 9.17) is 0 Å². The molecule has 1 aromatic rings. The van der Waals surface area contributed by atoms with E-state index in [1.165, 1.54) is 0 Å². The number of hydrogen-bond donors (Lipinski definition) is 0. The highest BCUT2D eigenvalue weighted by Gasteiger charge is 2.25. The Morgan fingerprint density at radius 1 is 1.29 bits per heavy atom. The van der Waals surface area contributed by atoms with Gasteiger partial charge in [0.1, 0.15) is 5.78 Å². The molecule has 0 N–H and O–H groups in total. The van der Waals surface area contributed by atoms with Gasteiger partial charge in [0.25, 0.3) is 0 Å². The Bertz CT molecular complexity index is 436. The maximum atomic E-state index is 11.7. The molecule has 17 heavy (non-hydrogen) atoms. The molecule has 0 bridgehead atoms. The monoisotopic (exact) mass is 226 g/mol. The zero-order chi connectivity index (χ0) is 12.1. The third-order valence-corrected chi connectivity index (χ3v) is 3.38. The smallest absolute Gasteiger partial charge is 0.136 e. The number of hydrogen-bond acceptors (Lipinski definition) is 1. The minimum Gasteiger partial charge on any atom is -0.299 e. The van der Waals surface area contributed by atoms with Gasteiger partial charge in [0.05, 0.1) is 0 Å². The van der Waals surface area contributed by atoms with E-state index in [0.717, 1.165) is 31.2 Å². The van der Waals surface area contributed by atoms with Crippen molar-refractivity contribution in [3.8, 4) is 11.8 Å². The molecule has 1 nitrogen and oxygen atoms in total. The van der Waals surface area contributed by atoms with Gasteiger partial charge in [-0.3, -0.25) is 4.79 Å². The first-order valence-electron chi connectivity index (χ1n) is 6.32. The van der Waals surface area contributed by atoms with Crippen LogP contribution in [0.5, 0.6) is 0 Å². The Morgan fingerprint density at radius 3 is 2.82 bits per heavy atom. The summed E-state index contributed by atoms with van der Waals surface area (Å²) in [5, 5.41) is 0. The van der Waals surface area contributed by atoms with Crippen LogP contribution < -0.4 is 0 Å². The predicted molar refractivity (Wildman–Crippen MR) is 69.4 cm³/mol. The molecule has 1 fully saturated rings. The van der Waals surface area contributed by atoms with E-state index in [2.05, 4.69) is 18.8 Å². The van der Waals surface area contributed by atoms with Crippen molar-refractivity contribution in [2.45, 2.75) is 32.6 Å². The minimum atomic E-state index is 0.176. The Kier molecular flexibility index (Phi) is 3.98. The van der Waals surface area contributed by atoms with E-state index in [9.17, 15) is 4.79 Å². The number of ketones is 1. The lowest BCUT2D eigenvalue weighted by Crippen LogP contribution is -2.23. The highest BCUT2D eigenvalue weighted by Crippen LogP contribution is 2.27. The van der Waals surface area contributed by atoms with Gasteiger partial charge in [-0.2, -0.15) is 0 Å². The molecule has 0 heterocycles. The van der Waals surface area contributed by atoms with Crippen molar-refractivity contribution in [3.63, 3.8) is 0 Å². The van der Waals surface area contributed by atoms with Gasteiger partial charge in [-0.15, -0.1) is 0 Å². The number of Topliss-reactive ketones (excluding diaryl/α,β-unsaturated/α-hetero) is 1. The molecule has 1 aromatic carbocycles. The van der Waals surface area contributed by atoms with Crippen LogP contribution in [0.25, 0.3) is 0 Å². The van der Waals surface area contributed by atoms with Gasteiger partial charge in [-0.25, -0.2) is 0 Å². The summed E-state index contributed by atoms with van der Waals surface area (Å²) in [6.45, 7) is 2.23. The number of benzene rings is 1. The summed E-state index contributed by atoms with van der Waals surface area (Å²) in [6.07, 6.45) is 3.54. The van der Waals surface area contributed by atoms with Crippen LogP contribution in [-0.2, 0) is 4.79 Å². The van der Waals surface area contributed by atoms with Crippen molar-refractivity contribution in [1.29, 1.82) is 0 Å². The summed E-state index contributed by atoms with van der Waals surface area (Å²) >= 11 is 0. The molecule has 2 atom stereocenters. The third-order valence-electron chi connectivity index (χ3n) is 3.38. The van der Waals surface area contributed by atoms with Gasteiger partial charge in [0, 0.05) is 24.3 Å². The second kappa shape index (κ2) is 5.68. The van der Waals surface area contributed by atoms with Crippen LogP contribution in [0.3, 0.4) is 0 Å². The quantitative estimate of drug-likeness (QED) is 0.670. The van der Waals surface area contributed by atoms with Crippen LogP contribution in [0.1, 0.15) is 38.2 Å². The standard InChI is InChI=1S/C16H18O/c1-13-10-11-16(17)15(12-13)9-5-8-14-6-3-2-4-7-14/h2-4,6-7,13,15H,9-12H2,1H3. The number of carbonyl (C=O) groups is 1. The molecular weight excluding hydrogens is 208 g/mol. The predicted octanol–water partition coefficient (Wildman–Crippen LogP) is 3.43. The van der Waals surface area contributed by atoms with E-state index < -0.39 is 0 Å². The molecule has 1 heteroatoms. The fourth-order valence-corrected chi connectivity index (χ4v) is 2.32. The first kappa shape index (κ1) is 11.9. The summed E-state index contributed by atoms with van der Waals surface area (Å²) in [4.78, 5) is 11.7. The maximum absolute atomic E-state index is 11.7. The maximum Gasteiger partial charge on any atom is 0.136 e. The highest BCUT2D eigenvalue weighted by molar-refractivity contribution is 5.82. The van der Waals surface area contributed by atoms with E-state index in [1.807, 2.05) is 30.3 Å². The minimum absolute atomic E-state index is 0.176. The SMILES string of the molecule is CC1CCC(=O)C(CC#Cc2ccccc2)C1. The van der Waals surface area contributed by atoms with Crippen LogP contribution in [0.4, 0.5) is 0 Å². The molecule has 1 aliphatic carbocycles. The normalized spacial score (nSPS) is 23.9. The van der Waals surface area contributed by atoms with Crippen LogP contribution >= 0.6 is 0 Å². The second-order valence-corrected chi connectivity index (χ2v) is 4.91. The van der Waals surface area contributed by atoms with Crippen molar-refractivity contribution in [2.75, 3.05) is 0 Å². The molecule has 0 amide bonds. The van der Waals surface area contributed by atoms with E-state index in [-0.39, 0.29) is 5.92 Å². The van der Waals surface area contributed by atoms with E-state index >= 15 is 0 Å². The van der Waals surface area contributed by atoms with Gasteiger partial charge in [-0.05, 0) is 30.9 Å². The second-order valence-electron chi connectivity index (χ2n) is 4.91. The van der Waals surface area contributed by atoms with Crippen LogP contribution in [0, 0.1) is 23.7 Å². The van der Waals surface area contributed by atoms with Crippen LogP contribution in [0.15, 0.2) is 30.3 Å². The lowest BCUT2D eigenvalue weighted by molar-refractivity contribution is -0.125. The van der Waals surface area contributed by atoms with Crippen molar-refractivity contribution >= 4 is 5.78 Å². The van der Waals surface area contributed by atoms with Crippen molar-refractivity contribution in [1.82, 2.24) is 0 Å². The average molecular weight is 226 g/mol. The van der Waals surface area contributed by atoms with Crippen molar-refractivity contribution in [2.24, 2.45) is 11.8 Å². The Morgan fingerprint density at radius 2 is 2.06 bits per heavy atom. The fraction of sp³-hybridized carbons (Fsp3) is 0.438. The highest BCUT2D eigenvalue weighted by atomic mass is 16.1. The molecule has 2 rings (SSSR count). The first-order chi connectivity index (χ1) is 8.25. The van der Waals surface area contributed by atoms with E-state index in [0.29, 0.717) is 11.7 Å². The molecular formula is C16H18O. The average Bonchev–Trinajstić information content (AvgIpc) is 2.35. The summed E-state index contributed by atoms with van der Waals surface area (Å²) in [5.41, 5.74) is 1.03. The van der Waals surface area contributed by atoms with E-state index in [1.54, 1.807) is 0 Å². The largest absolute Gasteiger partial charge is 0.299 e. The van der Waals surface area contributed by atoms with Gasteiger partial charge >= 0.3 is 0 Å². The lowest BCUT2D eigenvalue weighted by Gasteiger charge is -2.23. The molecule has 2 unspecified atom stereocenters. The molecule has 0 radical (unpaired) electrons. The summed E-state index contributed by atoms with van der Waals surface area (Å²) in [6, 6.07) is 9.95. The van der Waals surface area contributed by atoms with Gasteiger partial charge < -0.3 is 0 Å². The Labute approximate surface area is 103 Å². The number of rotatable bonds is 1. The summed E-state index contributed by atoms with van der Waals surface area (Å²) in [5.74, 6) is 7.54. The van der Waals surface area contributed by atoms with Gasteiger partial charge in [0.2, 0.25) is 0 Å². The van der Waals surface area contributed by atoms with Gasteiger partial charge in [-0.1, -0.05) is 37.0 Å². The molecule has 1 aliphatic rings. The topological polar surface area (TPSA) is 17.1 Å². The molecule has 0 aliphatic heterocycles. The summed E-state index contributed by atoms with van der Waals surface area (Å²) in [7, 11) is 0. The first-order valence-corrected chi connectivity index (χ1v) is 6.32. The molecule has 1 saturated carbocycles. The third kappa shape index (κ3) is 3.46. The Hall–Kier alpha value is -1.55. The Balaban J connectivity index is 1.94. The zero-order valence-electron chi connectivity index (χ0n) is 10.3. The molecule has 0 aromatic heterocycles. The van der Waals surface area contributed by atoms with Gasteiger partial charge in [0.15, 0.2) is 0 Å². The van der Waals surface area contributed by atoms with Crippen molar-refractivity contribution in [3.05, 3.63) is 35.9 Å². The molecule has 0 saturated heterocycles. The fourth-order valence-electron chi connectivity index (χ4n) is 2.32. The summed E-state index contributed by atoms with van der Waals surface area (Å²) < 4.78 is 0. The lowest BCUT2D eigenvalue weighted by atomic mass is 9.80. The zero-order valence-corrected chi connectivity index (χ0v) is 10.3.